The van der Waals surface area contributed by atoms with Crippen LogP contribution >= 0.6 is 0 Å². The summed E-state index contributed by atoms with van der Waals surface area (Å²) in [6, 6.07) is 8.42. The minimum atomic E-state index is -0.0224. The second-order valence-corrected chi connectivity index (χ2v) is 3.88. The molecule has 1 aromatic carbocycles. The van der Waals surface area contributed by atoms with E-state index >= 15 is 0 Å². The lowest BCUT2D eigenvalue weighted by molar-refractivity contribution is 0.329. The van der Waals surface area contributed by atoms with Crippen molar-refractivity contribution < 1.29 is 4.74 Å². The molecule has 1 aromatic rings. The molecule has 1 nitrogen and oxygen atoms in total. The maximum absolute atomic E-state index is 5.39. The lowest BCUT2D eigenvalue weighted by Gasteiger charge is -2.07. The summed E-state index contributed by atoms with van der Waals surface area (Å²) >= 11 is 0. The highest BCUT2D eigenvalue weighted by molar-refractivity contribution is 5.62. The number of hydrogen-bond donors (Lipinski definition) is 0. The van der Waals surface area contributed by atoms with Gasteiger partial charge in [-0.3, -0.25) is 0 Å². The Labute approximate surface area is 79.0 Å². The fraction of sp³-hybridized carbons (Fsp3) is 0.333. The van der Waals surface area contributed by atoms with Gasteiger partial charge in [0.1, 0.15) is 5.60 Å². The summed E-state index contributed by atoms with van der Waals surface area (Å²) in [6.07, 6.45) is 0. The molecule has 0 saturated carbocycles. The fourth-order valence-corrected chi connectivity index (χ4v) is 1.39. The van der Waals surface area contributed by atoms with Crippen LogP contribution in [0.25, 0.3) is 5.57 Å². The molecule has 0 spiro atoms. The number of ether oxygens (including phenoxy) is 1. The van der Waals surface area contributed by atoms with Crippen molar-refractivity contribution in [1.29, 1.82) is 0 Å². The van der Waals surface area contributed by atoms with E-state index in [9.17, 15) is 0 Å². The Bertz CT molecular complexity index is 348. The summed E-state index contributed by atoms with van der Waals surface area (Å²) in [5.74, 6) is 0. The number of benzene rings is 1. The van der Waals surface area contributed by atoms with Crippen LogP contribution in [0.3, 0.4) is 0 Å². The van der Waals surface area contributed by atoms with Crippen molar-refractivity contribution in [2.75, 3.05) is 6.61 Å². The quantitative estimate of drug-likeness (QED) is 0.628. The average Bonchev–Trinajstić information content (AvgIpc) is 2.85. The SMILES string of the molecule is C=C(C)c1cccc(C2(C)CO2)c1. The first-order valence-electron chi connectivity index (χ1n) is 4.52. The maximum atomic E-state index is 5.39. The van der Waals surface area contributed by atoms with Crippen molar-refractivity contribution in [3.8, 4) is 0 Å². The van der Waals surface area contributed by atoms with Gasteiger partial charge < -0.3 is 4.74 Å². The first-order chi connectivity index (χ1) is 6.12. The van der Waals surface area contributed by atoms with E-state index in [2.05, 4.69) is 37.8 Å². The van der Waals surface area contributed by atoms with E-state index in [4.69, 9.17) is 4.74 Å². The van der Waals surface area contributed by atoms with Gasteiger partial charge in [-0.2, -0.15) is 0 Å². The molecule has 1 heteroatoms. The molecule has 0 aliphatic carbocycles. The molecule has 0 radical (unpaired) electrons. The van der Waals surface area contributed by atoms with Gasteiger partial charge in [0.25, 0.3) is 0 Å². The van der Waals surface area contributed by atoms with E-state index in [-0.39, 0.29) is 5.60 Å². The van der Waals surface area contributed by atoms with Crippen molar-refractivity contribution in [2.45, 2.75) is 19.4 Å². The normalized spacial score (nSPS) is 25.7. The van der Waals surface area contributed by atoms with Gasteiger partial charge in [-0.05, 0) is 31.0 Å². The lowest BCUT2D eigenvalue weighted by atomic mass is 9.98. The molecule has 0 N–H and O–H groups in total. The second kappa shape index (κ2) is 2.71. The van der Waals surface area contributed by atoms with Crippen LogP contribution in [0.2, 0.25) is 0 Å². The minimum Gasteiger partial charge on any atom is -0.365 e. The third kappa shape index (κ3) is 1.52. The van der Waals surface area contributed by atoms with Crippen molar-refractivity contribution in [2.24, 2.45) is 0 Å². The van der Waals surface area contributed by atoms with Crippen LogP contribution in [0.15, 0.2) is 30.8 Å². The Morgan fingerprint density at radius 3 is 2.77 bits per heavy atom. The molecule has 68 valence electrons. The Kier molecular flexibility index (Phi) is 1.77. The van der Waals surface area contributed by atoms with Gasteiger partial charge in [0, 0.05) is 0 Å². The van der Waals surface area contributed by atoms with Gasteiger partial charge in [-0.1, -0.05) is 30.4 Å². The van der Waals surface area contributed by atoms with Gasteiger partial charge in [-0.25, -0.2) is 0 Å². The Hall–Kier alpha value is -1.08. The molecule has 13 heavy (non-hydrogen) atoms. The van der Waals surface area contributed by atoms with E-state index in [0.717, 1.165) is 12.2 Å². The zero-order valence-electron chi connectivity index (χ0n) is 8.13. The first kappa shape index (κ1) is 8.52. The molecular formula is C12H14O. The predicted molar refractivity (Wildman–Crippen MR) is 54.5 cm³/mol. The molecule has 1 unspecified atom stereocenters. The second-order valence-electron chi connectivity index (χ2n) is 3.88. The molecule has 0 bridgehead atoms. The van der Waals surface area contributed by atoms with Crippen molar-refractivity contribution in [1.82, 2.24) is 0 Å². The van der Waals surface area contributed by atoms with E-state index in [1.165, 1.54) is 11.1 Å². The van der Waals surface area contributed by atoms with Gasteiger partial charge in [0.15, 0.2) is 0 Å². The Morgan fingerprint density at radius 1 is 1.54 bits per heavy atom. The summed E-state index contributed by atoms with van der Waals surface area (Å²) < 4.78 is 5.39. The molecule has 1 heterocycles. The van der Waals surface area contributed by atoms with Crippen LogP contribution < -0.4 is 0 Å². The highest BCUT2D eigenvalue weighted by atomic mass is 16.6. The Balaban J connectivity index is 2.38. The van der Waals surface area contributed by atoms with E-state index in [1.807, 2.05) is 6.92 Å². The molecule has 1 atom stereocenters. The zero-order valence-corrected chi connectivity index (χ0v) is 8.13. The predicted octanol–water partition coefficient (Wildman–Crippen LogP) is 2.97. The highest BCUT2D eigenvalue weighted by Gasteiger charge is 2.41. The smallest absolute Gasteiger partial charge is 0.114 e. The third-order valence-electron chi connectivity index (χ3n) is 2.54. The monoisotopic (exact) mass is 174 g/mol. The van der Waals surface area contributed by atoms with E-state index in [0.29, 0.717) is 0 Å². The van der Waals surface area contributed by atoms with Gasteiger partial charge in [0.05, 0.1) is 6.61 Å². The van der Waals surface area contributed by atoms with Crippen molar-refractivity contribution in [3.63, 3.8) is 0 Å². The lowest BCUT2D eigenvalue weighted by Crippen LogP contribution is -2.01. The summed E-state index contributed by atoms with van der Waals surface area (Å²) in [5, 5.41) is 0. The average molecular weight is 174 g/mol. The maximum Gasteiger partial charge on any atom is 0.114 e. The first-order valence-corrected chi connectivity index (χ1v) is 4.52. The summed E-state index contributed by atoms with van der Waals surface area (Å²) in [7, 11) is 0. The van der Waals surface area contributed by atoms with Crippen LogP contribution in [0.4, 0.5) is 0 Å². The summed E-state index contributed by atoms with van der Waals surface area (Å²) in [6.45, 7) is 8.91. The zero-order chi connectivity index (χ0) is 9.47. The highest BCUT2D eigenvalue weighted by Crippen LogP contribution is 2.38. The van der Waals surface area contributed by atoms with Crippen LogP contribution in [0.1, 0.15) is 25.0 Å². The standard InChI is InChI=1S/C12H14O/c1-9(2)10-5-4-6-11(7-10)12(3)8-13-12/h4-7H,1,8H2,2-3H3. The van der Waals surface area contributed by atoms with E-state index in [1.54, 1.807) is 0 Å². The summed E-state index contributed by atoms with van der Waals surface area (Å²) in [4.78, 5) is 0. The molecule has 2 rings (SSSR count). The fourth-order valence-electron chi connectivity index (χ4n) is 1.39. The number of epoxide rings is 1. The summed E-state index contributed by atoms with van der Waals surface area (Å²) in [5.41, 5.74) is 3.54. The minimum absolute atomic E-state index is 0.0224. The van der Waals surface area contributed by atoms with Crippen molar-refractivity contribution in [3.05, 3.63) is 42.0 Å². The largest absolute Gasteiger partial charge is 0.365 e. The molecule has 1 fully saturated rings. The van der Waals surface area contributed by atoms with Crippen LogP contribution in [-0.2, 0) is 10.3 Å². The third-order valence-corrected chi connectivity index (χ3v) is 2.54. The number of hydrogen-bond acceptors (Lipinski definition) is 1. The molecule has 1 saturated heterocycles. The van der Waals surface area contributed by atoms with Gasteiger partial charge in [0.2, 0.25) is 0 Å². The van der Waals surface area contributed by atoms with Gasteiger partial charge in [-0.15, -0.1) is 0 Å². The van der Waals surface area contributed by atoms with E-state index < -0.39 is 0 Å². The van der Waals surface area contributed by atoms with Crippen LogP contribution in [0.5, 0.6) is 0 Å². The molecular weight excluding hydrogens is 160 g/mol. The van der Waals surface area contributed by atoms with Crippen LogP contribution in [-0.4, -0.2) is 6.61 Å². The van der Waals surface area contributed by atoms with Crippen molar-refractivity contribution >= 4 is 5.57 Å². The van der Waals surface area contributed by atoms with Crippen LogP contribution in [0, 0.1) is 0 Å². The Morgan fingerprint density at radius 2 is 2.23 bits per heavy atom. The van der Waals surface area contributed by atoms with Gasteiger partial charge >= 0.3 is 0 Å². The number of allylic oxidation sites excluding steroid dienone is 1. The molecule has 1 aliphatic heterocycles. The topological polar surface area (TPSA) is 12.5 Å². The number of rotatable bonds is 2. The molecule has 0 amide bonds. The molecule has 0 aromatic heterocycles. The molecule has 1 aliphatic rings.